The van der Waals surface area contributed by atoms with Crippen molar-refractivity contribution in [2.45, 2.75) is 69.8 Å². The van der Waals surface area contributed by atoms with Crippen molar-refractivity contribution < 1.29 is 49.7 Å². The van der Waals surface area contributed by atoms with Crippen LogP contribution in [-0.4, -0.2) is 39.9 Å². The molecule has 1 aliphatic carbocycles. The van der Waals surface area contributed by atoms with Crippen LogP contribution in [0.25, 0.3) is 0 Å². The molecule has 0 radical (unpaired) electrons. The van der Waals surface area contributed by atoms with Crippen molar-refractivity contribution in [1.82, 2.24) is 0 Å². The van der Waals surface area contributed by atoms with E-state index in [1.807, 2.05) is 0 Å². The molecule has 156 valence electrons. The van der Waals surface area contributed by atoms with E-state index in [-0.39, 0.29) is 0 Å². The average Bonchev–Trinajstić information content (AvgIpc) is 2.42. The predicted octanol–water partition coefficient (Wildman–Crippen LogP) is 4.84. The Kier molecular flexibility index (Phi) is 6.03. The zero-order valence-corrected chi connectivity index (χ0v) is 14.2. The molecule has 1 rings (SSSR count). The Hall–Kier alpha value is -0.710. The van der Waals surface area contributed by atoms with Gasteiger partial charge >= 0.3 is 18.5 Å². The van der Waals surface area contributed by atoms with Gasteiger partial charge in [-0.1, -0.05) is 13.8 Å². The monoisotopic (exact) mass is 404 g/mol. The molecule has 0 aromatic heterocycles. The minimum atomic E-state index is -6.12. The summed E-state index contributed by atoms with van der Waals surface area (Å²) < 4.78 is 118. The third-order valence-electron chi connectivity index (χ3n) is 5.51. The average molecular weight is 404 g/mol. The molecule has 2 nitrogen and oxygen atoms in total. The summed E-state index contributed by atoms with van der Waals surface area (Å²) in [5.74, 6) is -5.95. The van der Waals surface area contributed by atoms with Crippen LogP contribution in [-0.2, 0) is 0 Å². The molecule has 1 aliphatic rings. The molecule has 11 heteroatoms. The van der Waals surface area contributed by atoms with Crippen LogP contribution >= 0.6 is 0 Å². The predicted molar refractivity (Wildman–Crippen MR) is 72.9 cm³/mol. The second kappa shape index (κ2) is 6.72. The molecule has 0 aromatic carbocycles. The Balaban J connectivity index is 3.42. The van der Waals surface area contributed by atoms with Crippen LogP contribution in [0.5, 0.6) is 0 Å². The number of hydrogen-bond acceptors (Lipinski definition) is 2. The summed E-state index contributed by atoms with van der Waals surface area (Å²) in [7, 11) is 0. The van der Waals surface area contributed by atoms with E-state index in [0.29, 0.717) is 6.92 Å². The van der Waals surface area contributed by atoms with Crippen LogP contribution in [0.15, 0.2) is 0 Å². The van der Waals surface area contributed by atoms with E-state index in [1.165, 1.54) is 13.8 Å². The van der Waals surface area contributed by atoms with Gasteiger partial charge < -0.3 is 10.2 Å². The van der Waals surface area contributed by atoms with Crippen LogP contribution in [0.3, 0.4) is 0 Å². The first-order valence-electron chi connectivity index (χ1n) is 7.91. The largest absolute Gasteiger partial charge is 0.426 e. The third-order valence-corrected chi connectivity index (χ3v) is 5.51. The topological polar surface area (TPSA) is 40.5 Å². The fourth-order valence-electron chi connectivity index (χ4n) is 3.56. The lowest BCUT2D eigenvalue weighted by atomic mass is 9.62. The fraction of sp³-hybridized carbons (Fsp3) is 1.00. The molecule has 0 aromatic rings. The zero-order valence-electron chi connectivity index (χ0n) is 14.2. The third kappa shape index (κ3) is 3.93. The Morgan fingerprint density at radius 3 is 1.38 bits per heavy atom. The number of alkyl halides is 9. The molecule has 0 heterocycles. The van der Waals surface area contributed by atoms with Gasteiger partial charge in [-0.2, -0.15) is 39.5 Å². The van der Waals surface area contributed by atoms with E-state index in [9.17, 15) is 49.7 Å². The quantitative estimate of drug-likeness (QED) is 0.661. The standard InChI is InChI=1S/C15H21F9O2/c1-7(2)8-4-9(11(3,25)13(16,17)18)6-10(5-8)12(26,14(19,20)21)15(22,23)24/h7-10,25-26H,4-6H2,1-3H3. The van der Waals surface area contributed by atoms with Gasteiger partial charge in [0.25, 0.3) is 5.60 Å². The van der Waals surface area contributed by atoms with Gasteiger partial charge in [0.15, 0.2) is 5.60 Å². The molecule has 1 saturated carbocycles. The lowest BCUT2D eigenvalue weighted by Crippen LogP contribution is -2.64. The SMILES string of the molecule is CC(C)C1CC(C(C)(O)C(F)(F)F)CC(C(O)(C(F)(F)F)C(F)(F)F)C1. The fourth-order valence-corrected chi connectivity index (χ4v) is 3.56. The highest BCUT2D eigenvalue weighted by atomic mass is 19.4. The minimum Gasteiger partial charge on any atom is -0.380 e. The molecular formula is C15H21F9O2. The van der Waals surface area contributed by atoms with Gasteiger partial charge in [0, 0.05) is 5.92 Å². The van der Waals surface area contributed by atoms with E-state index in [2.05, 4.69) is 0 Å². The van der Waals surface area contributed by atoms with Crippen molar-refractivity contribution in [2.24, 2.45) is 23.7 Å². The molecular weight excluding hydrogens is 383 g/mol. The molecule has 26 heavy (non-hydrogen) atoms. The van der Waals surface area contributed by atoms with Crippen LogP contribution in [0, 0.1) is 23.7 Å². The molecule has 0 spiro atoms. The van der Waals surface area contributed by atoms with Gasteiger partial charge in [0.2, 0.25) is 0 Å². The maximum Gasteiger partial charge on any atom is 0.426 e. The number of halogens is 9. The first kappa shape index (κ1) is 23.3. The molecule has 0 amide bonds. The molecule has 4 unspecified atom stereocenters. The summed E-state index contributed by atoms with van der Waals surface area (Å²) in [4.78, 5) is 0. The van der Waals surface area contributed by atoms with Crippen LogP contribution < -0.4 is 0 Å². The molecule has 0 saturated heterocycles. The lowest BCUT2D eigenvalue weighted by molar-refractivity contribution is -0.391. The van der Waals surface area contributed by atoms with Crippen molar-refractivity contribution in [2.75, 3.05) is 0 Å². The van der Waals surface area contributed by atoms with E-state index in [4.69, 9.17) is 0 Å². The highest BCUT2D eigenvalue weighted by molar-refractivity contribution is 5.05. The summed E-state index contributed by atoms with van der Waals surface area (Å²) in [6.07, 6.45) is -19.9. The van der Waals surface area contributed by atoms with E-state index < -0.39 is 72.7 Å². The molecule has 0 aliphatic heterocycles. The number of aliphatic hydroxyl groups is 2. The van der Waals surface area contributed by atoms with Gasteiger partial charge in [-0.05, 0) is 43.9 Å². The molecule has 1 fully saturated rings. The summed E-state index contributed by atoms with van der Waals surface area (Å²) >= 11 is 0. The Morgan fingerprint density at radius 1 is 0.692 bits per heavy atom. The zero-order chi connectivity index (χ0) is 20.9. The molecule has 2 N–H and O–H groups in total. The number of hydrogen-bond donors (Lipinski definition) is 2. The first-order valence-corrected chi connectivity index (χ1v) is 7.91. The second-order valence-electron chi connectivity index (χ2n) is 7.51. The summed E-state index contributed by atoms with van der Waals surface area (Å²) in [6.45, 7) is 3.23. The van der Waals surface area contributed by atoms with Gasteiger partial charge in [-0.3, -0.25) is 0 Å². The van der Waals surface area contributed by atoms with Crippen molar-refractivity contribution in [1.29, 1.82) is 0 Å². The minimum absolute atomic E-state index is 0.331. The van der Waals surface area contributed by atoms with Crippen molar-refractivity contribution in [3.8, 4) is 0 Å². The lowest BCUT2D eigenvalue weighted by Gasteiger charge is -2.48. The maximum atomic E-state index is 13.1. The number of rotatable bonds is 3. The van der Waals surface area contributed by atoms with Crippen molar-refractivity contribution >= 4 is 0 Å². The van der Waals surface area contributed by atoms with Gasteiger partial charge in [-0.25, -0.2) is 0 Å². The van der Waals surface area contributed by atoms with E-state index >= 15 is 0 Å². The Morgan fingerprint density at radius 2 is 1.08 bits per heavy atom. The Labute approximate surface area is 144 Å². The van der Waals surface area contributed by atoms with Crippen LogP contribution in [0.4, 0.5) is 39.5 Å². The second-order valence-corrected chi connectivity index (χ2v) is 7.51. The highest BCUT2D eigenvalue weighted by Gasteiger charge is 2.74. The van der Waals surface area contributed by atoms with Crippen molar-refractivity contribution in [3.63, 3.8) is 0 Å². The summed E-state index contributed by atoms with van der Waals surface area (Å²) in [5, 5.41) is 19.4. The summed E-state index contributed by atoms with van der Waals surface area (Å²) in [5.41, 5.74) is -8.62. The van der Waals surface area contributed by atoms with Crippen LogP contribution in [0.1, 0.15) is 40.0 Å². The highest BCUT2D eigenvalue weighted by Crippen LogP contribution is 2.56. The van der Waals surface area contributed by atoms with E-state index in [0.717, 1.165) is 0 Å². The van der Waals surface area contributed by atoms with Crippen LogP contribution in [0.2, 0.25) is 0 Å². The first-order chi connectivity index (χ1) is 11.3. The molecule has 4 atom stereocenters. The smallest absolute Gasteiger partial charge is 0.380 e. The Bertz CT molecular complexity index is 477. The van der Waals surface area contributed by atoms with Gasteiger partial charge in [0.05, 0.1) is 0 Å². The maximum absolute atomic E-state index is 13.1. The van der Waals surface area contributed by atoms with Crippen molar-refractivity contribution in [3.05, 3.63) is 0 Å². The normalized spacial score (nSPS) is 29.0. The van der Waals surface area contributed by atoms with Gasteiger partial charge in [-0.15, -0.1) is 0 Å². The summed E-state index contributed by atoms with van der Waals surface area (Å²) in [6, 6.07) is 0. The van der Waals surface area contributed by atoms with Gasteiger partial charge in [0.1, 0.15) is 0 Å². The van der Waals surface area contributed by atoms with E-state index in [1.54, 1.807) is 0 Å². The molecule has 0 bridgehead atoms.